The van der Waals surface area contributed by atoms with Gasteiger partial charge in [-0.05, 0) is 31.5 Å². The summed E-state index contributed by atoms with van der Waals surface area (Å²) in [5.74, 6) is 0.470. The molecule has 0 radical (unpaired) electrons. The third-order valence-electron chi connectivity index (χ3n) is 3.74. The number of ketones is 1. The molecule has 1 aromatic heterocycles. The number of Topliss-reactive ketones (excluding diaryl/α,β-unsaturated/α-hetero) is 1. The Balaban J connectivity index is 2.46. The molecule has 2 aromatic carbocycles. The van der Waals surface area contributed by atoms with Crippen molar-refractivity contribution in [1.82, 2.24) is 9.55 Å². The molecule has 0 saturated heterocycles. The molecule has 0 aliphatic rings. The molecule has 3 aromatic rings. The van der Waals surface area contributed by atoms with Crippen molar-refractivity contribution in [2.45, 2.75) is 13.8 Å². The Kier molecular flexibility index (Phi) is 3.37. The van der Waals surface area contributed by atoms with Crippen molar-refractivity contribution < 1.29 is 4.79 Å². The van der Waals surface area contributed by atoms with E-state index in [1.165, 1.54) is 11.5 Å². The number of hydrogen-bond acceptors (Lipinski definition) is 3. The fourth-order valence-corrected chi connectivity index (χ4v) is 2.63. The molecule has 4 heteroatoms. The summed E-state index contributed by atoms with van der Waals surface area (Å²) in [4.78, 5) is 29.2. The number of aromatic nitrogens is 2. The van der Waals surface area contributed by atoms with Gasteiger partial charge in [0.15, 0.2) is 5.78 Å². The molecule has 22 heavy (non-hydrogen) atoms. The van der Waals surface area contributed by atoms with Crippen molar-refractivity contribution in [3.8, 4) is 11.4 Å². The number of hydrogen-bond donors (Lipinski definition) is 0. The van der Waals surface area contributed by atoms with Crippen LogP contribution in [0, 0.1) is 6.92 Å². The summed E-state index contributed by atoms with van der Waals surface area (Å²) in [6, 6.07) is 13.1. The van der Waals surface area contributed by atoms with Crippen LogP contribution in [0.5, 0.6) is 0 Å². The molecule has 110 valence electrons. The zero-order chi connectivity index (χ0) is 15.9. The van der Waals surface area contributed by atoms with Gasteiger partial charge in [0.1, 0.15) is 5.82 Å². The summed E-state index contributed by atoms with van der Waals surface area (Å²) in [6.45, 7) is 3.37. The fraction of sp³-hybridized carbons (Fsp3) is 0.167. The number of carbonyl (C=O) groups is 1. The molecule has 1 heterocycles. The Bertz CT molecular complexity index is 941. The highest BCUT2D eigenvalue weighted by atomic mass is 16.1. The van der Waals surface area contributed by atoms with Gasteiger partial charge in [0.2, 0.25) is 0 Å². The minimum atomic E-state index is -0.143. The molecule has 0 saturated carbocycles. The van der Waals surface area contributed by atoms with Gasteiger partial charge in [-0.2, -0.15) is 0 Å². The quantitative estimate of drug-likeness (QED) is 0.682. The van der Waals surface area contributed by atoms with Crippen LogP contribution < -0.4 is 5.56 Å². The maximum atomic E-state index is 12.7. The summed E-state index contributed by atoms with van der Waals surface area (Å²) < 4.78 is 1.53. The zero-order valence-corrected chi connectivity index (χ0v) is 12.8. The normalized spacial score (nSPS) is 10.9. The largest absolute Gasteiger partial charge is 0.295 e. The van der Waals surface area contributed by atoms with E-state index in [1.807, 2.05) is 37.3 Å². The SMILES string of the molecule is CC(=O)c1cc(C)cc2c(=O)n(C)c(-c3ccccc3)nc12. The van der Waals surface area contributed by atoms with Crippen LogP contribution in [0.25, 0.3) is 22.3 Å². The monoisotopic (exact) mass is 292 g/mol. The Morgan fingerprint density at radius 2 is 1.82 bits per heavy atom. The first-order valence-corrected chi connectivity index (χ1v) is 7.07. The van der Waals surface area contributed by atoms with Crippen LogP contribution in [0.4, 0.5) is 0 Å². The number of aryl methyl sites for hydroxylation is 1. The van der Waals surface area contributed by atoms with E-state index < -0.39 is 0 Å². The number of rotatable bonds is 2. The van der Waals surface area contributed by atoms with Crippen molar-refractivity contribution in [3.63, 3.8) is 0 Å². The van der Waals surface area contributed by atoms with Gasteiger partial charge < -0.3 is 0 Å². The standard InChI is InChI=1S/C18H16N2O2/c1-11-9-14(12(2)21)16-15(10-11)18(22)20(3)17(19-16)13-7-5-4-6-8-13/h4-10H,1-3H3. The van der Waals surface area contributed by atoms with E-state index in [2.05, 4.69) is 4.98 Å². The molecule has 0 fully saturated rings. The minimum absolute atomic E-state index is 0.0894. The molecule has 4 nitrogen and oxygen atoms in total. The Morgan fingerprint density at radius 1 is 1.14 bits per heavy atom. The third kappa shape index (κ3) is 2.22. The summed E-state index contributed by atoms with van der Waals surface area (Å²) in [5.41, 5.74) is 2.54. The van der Waals surface area contributed by atoms with Gasteiger partial charge in [-0.1, -0.05) is 30.3 Å². The maximum absolute atomic E-state index is 12.7. The van der Waals surface area contributed by atoms with E-state index in [1.54, 1.807) is 19.2 Å². The lowest BCUT2D eigenvalue weighted by molar-refractivity contribution is 0.101. The van der Waals surface area contributed by atoms with E-state index in [0.717, 1.165) is 11.1 Å². The van der Waals surface area contributed by atoms with E-state index in [9.17, 15) is 9.59 Å². The van der Waals surface area contributed by atoms with Crippen LogP contribution in [0.1, 0.15) is 22.8 Å². The maximum Gasteiger partial charge on any atom is 0.261 e. The smallest absolute Gasteiger partial charge is 0.261 e. The Labute approximate surface area is 128 Å². The summed E-state index contributed by atoms with van der Waals surface area (Å²) in [7, 11) is 1.70. The van der Waals surface area contributed by atoms with Crippen molar-refractivity contribution in [2.24, 2.45) is 7.05 Å². The van der Waals surface area contributed by atoms with Crippen LogP contribution in [0.15, 0.2) is 47.3 Å². The third-order valence-corrected chi connectivity index (χ3v) is 3.74. The first-order valence-electron chi connectivity index (χ1n) is 7.07. The van der Waals surface area contributed by atoms with E-state index in [-0.39, 0.29) is 11.3 Å². The number of nitrogens with zero attached hydrogens (tertiary/aromatic N) is 2. The molecule has 0 amide bonds. The molecule has 3 rings (SSSR count). The molecule has 0 aliphatic carbocycles. The average molecular weight is 292 g/mol. The summed E-state index contributed by atoms with van der Waals surface area (Å²) >= 11 is 0. The highest BCUT2D eigenvalue weighted by Gasteiger charge is 2.15. The Hall–Kier alpha value is -2.75. The highest BCUT2D eigenvalue weighted by molar-refractivity contribution is 6.05. The van der Waals surface area contributed by atoms with Gasteiger partial charge in [-0.25, -0.2) is 4.98 Å². The van der Waals surface area contributed by atoms with Crippen molar-refractivity contribution >= 4 is 16.7 Å². The van der Waals surface area contributed by atoms with Gasteiger partial charge in [0, 0.05) is 18.2 Å². The van der Waals surface area contributed by atoms with E-state index in [4.69, 9.17) is 0 Å². The lowest BCUT2D eigenvalue weighted by Gasteiger charge is -2.11. The second kappa shape index (κ2) is 5.22. The topological polar surface area (TPSA) is 52.0 Å². The van der Waals surface area contributed by atoms with Crippen LogP contribution >= 0.6 is 0 Å². The van der Waals surface area contributed by atoms with Crippen LogP contribution in [0.3, 0.4) is 0 Å². The fourth-order valence-electron chi connectivity index (χ4n) is 2.63. The van der Waals surface area contributed by atoms with Gasteiger partial charge in [-0.15, -0.1) is 0 Å². The van der Waals surface area contributed by atoms with Crippen molar-refractivity contribution in [3.05, 3.63) is 63.9 Å². The molecule has 0 bridgehead atoms. The lowest BCUT2D eigenvalue weighted by Crippen LogP contribution is -2.21. The minimum Gasteiger partial charge on any atom is -0.295 e. The highest BCUT2D eigenvalue weighted by Crippen LogP contribution is 2.22. The second-order valence-corrected chi connectivity index (χ2v) is 5.43. The second-order valence-electron chi connectivity index (χ2n) is 5.43. The predicted molar refractivity (Wildman–Crippen MR) is 87.2 cm³/mol. The number of fused-ring (bicyclic) bond motifs is 1. The summed E-state index contributed by atoms with van der Waals surface area (Å²) in [5, 5.41) is 0.479. The lowest BCUT2D eigenvalue weighted by atomic mass is 10.0. The van der Waals surface area contributed by atoms with Crippen LogP contribution in [0.2, 0.25) is 0 Å². The molecular formula is C18H16N2O2. The van der Waals surface area contributed by atoms with Crippen molar-refractivity contribution in [1.29, 1.82) is 0 Å². The van der Waals surface area contributed by atoms with Gasteiger partial charge in [0.25, 0.3) is 5.56 Å². The number of benzene rings is 2. The zero-order valence-electron chi connectivity index (χ0n) is 12.8. The molecule has 0 spiro atoms. The summed E-state index contributed by atoms with van der Waals surface area (Å²) in [6.07, 6.45) is 0. The molecular weight excluding hydrogens is 276 g/mol. The van der Waals surface area contributed by atoms with Crippen LogP contribution in [-0.4, -0.2) is 15.3 Å². The average Bonchev–Trinajstić information content (AvgIpc) is 2.51. The van der Waals surface area contributed by atoms with Gasteiger partial charge >= 0.3 is 0 Å². The van der Waals surface area contributed by atoms with Gasteiger partial charge in [-0.3, -0.25) is 14.2 Å². The number of carbonyl (C=O) groups excluding carboxylic acids is 1. The molecule has 0 atom stereocenters. The molecule has 0 unspecified atom stereocenters. The first-order chi connectivity index (χ1) is 10.5. The van der Waals surface area contributed by atoms with E-state index >= 15 is 0 Å². The molecule has 0 aliphatic heterocycles. The predicted octanol–water partition coefficient (Wildman–Crippen LogP) is 3.11. The van der Waals surface area contributed by atoms with E-state index in [0.29, 0.717) is 22.3 Å². The van der Waals surface area contributed by atoms with Gasteiger partial charge in [0.05, 0.1) is 10.9 Å². The first kappa shape index (κ1) is 14.2. The Morgan fingerprint density at radius 3 is 2.45 bits per heavy atom. The van der Waals surface area contributed by atoms with Crippen LogP contribution in [-0.2, 0) is 7.05 Å². The van der Waals surface area contributed by atoms with Crippen molar-refractivity contribution in [2.75, 3.05) is 0 Å². The molecule has 0 N–H and O–H groups in total.